The first-order chi connectivity index (χ1) is 7.38. The first-order valence-electron chi connectivity index (χ1n) is 5.28. The lowest BCUT2D eigenvalue weighted by molar-refractivity contribution is -0.142. The van der Waals surface area contributed by atoms with Gasteiger partial charge in [0.05, 0.1) is 6.04 Å². The average molecular weight is 228 g/mol. The fraction of sp³-hybridized carbons (Fsp3) is 0.636. The molecule has 4 N–H and O–H groups in total. The number of nitrogens with two attached hydrogens (primary N) is 1. The van der Waals surface area contributed by atoms with Crippen LogP contribution in [0.25, 0.3) is 0 Å². The Labute approximate surface area is 95.7 Å². The largest absolute Gasteiger partial charge is 0.480 e. The highest BCUT2D eigenvalue weighted by molar-refractivity contribution is 5.86. The number of carbonyl (C=O) groups is 2. The van der Waals surface area contributed by atoms with Gasteiger partial charge in [-0.05, 0) is 18.8 Å². The van der Waals surface area contributed by atoms with Gasteiger partial charge in [0.1, 0.15) is 6.04 Å². The molecule has 0 saturated heterocycles. The Kier molecular flexibility index (Phi) is 6.41. The van der Waals surface area contributed by atoms with E-state index < -0.39 is 24.0 Å². The molecule has 0 aromatic rings. The molecule has 0 bridgehead atoms. The van der Waals surface area contributed by atoms with Gasteiger partial charge in [0, 0.05) is 0 Å². The van der Waals surface area contributed by atoms with Gasteiger partial charge in [-0.15, -0.1) is 6.58 Å². The van der Waals surface area contributed by atoms with Crippen LogP contribution < -0.4 is 11.1 Å². The van der Waals surface area contributed by atoms with E-state index in [2.05, 4.69) is 11.9 Å². The van der Waals surface area contributed by atoms with Crippen molar-refractivity contribution >= 4 is 11.9 Å². The van der Waals surface area contributed by atoms with Crippen molar-refractivity contribution in [1.82, 2.24) is 5.32 Å². The van der Waals surface area contributed by atoms with E-state index in [1.54, 1.807) is 0 Å². The molecule has 2 atom stereocenters. The number of carboxylic acids is 1. The molecule has 0 fully saturated rings. The molecule has 0 radical (unpaired) electrons. The van der Waals surface area contributed by atoms with Crippen LogP contribution >= 0.6 is 0 Å². The molecule has 5 nitrogen and oxygen atoms in total. The van der Waals surface area contributed by atoms with Crippen LogP contribution in [0.15, 0.2) is 12.7 Å². The highest BCUT2D eigenvalue weighted by atomic mass is 16.4. The molecule has 0 aliphatic carbocycles. The van der Waals surface area contributed by atoms with E-state index in [1.807, 2.05) is 13.8 Å². The van der Waals surface area contributed by atoms with Crippen LogP contribution in [0.2, 0.25) is 0 Å². The van der Waals surface area contributed by atoms with Crippen molar-refractivity contribution in [1.29, 1.82) is 0 Å². The van der Waals surface area contributed by atoms with Gasteiger partial charge >= 0.3 is 5.97 Å². The van der Waals surface area contributed by atoms with Gasteiger partial charge in [-0.1, -0.05) is 19.9 Å². The van der Waals surface area contributed by atoms with Crippen molar-refractivity contribution in [2.24, 2.45) is 11.7 Å². The molecule has 1 amide bonds. The zero-order valence-electron chi connectivity index (χ0n) is 9.77. The Morgan fingerprint density at radius 3 is 2.44 bits per heavy atom. The second kappa shape index (κ2) is 7.00. The maximum absolute atomic E-state index is 11.5. The lowest BCUT2D eigenvalue weighted by atomic mass is 10.0. The first-order valence-corrected chi connectivity index (χ1v) is 5.28. The molecule has 0 aromatic carbocycles. The second-order valence-corrected chi connectivity index (χ2v) is 4.16. The third kappa shape index (κ3) is 5.50. The predicted molar refractivity (Wildman–Crippen MR) is 61.8 cm³/mol. The second-order valence-electron chi connectivity index (χ2n) is 4.16. The van der Waals surface area contributed by atoms with Crippen LogP contribution in [0.1, 0.15) is 26.7 Å². The lowest BCUT2D eigenvalue weighted by Gasteiger charge is -2.18. The maximum atomic E-state index is 11.5. The summed E-state index contributed by atoms with van der Waals surface area (Å²) >= 11 is 0. The molecule has 0 rings (SSSR count). The van der Waals surface area contributed by atoms with E-state index in [9.17, 15) is 9.59 Å². The fourth-order valence-corrected chi connectivity index (χ4v) is 1.26. The minimum Gasteiger partial charge on any atom is -0.480 e. The molecule has 0 spiro atoms. The third-order valence-electron chi connectivity index (χ3n) is 2.08. The van der Waals surface area contributed by atoms with E-state index >= 15 is 0 Å². The Balaban J connectivity index is 4.33. The molecule has 16 heavy (non-hydrogen) atoms. The topological polar surface area (TPSA) is 92.4 Å². The van der Waals surface area contributed by atoms with Crippen molar-refractivity contribution in [2.45, 2.75) is 38.8 Å². The van der Waals surface area contributed by atoms with Crippen molar-refractivity contribution in [3.8, 4) is 0 Å². The van der Waals surface area contributed by atoms with E-state index in [1.165, 1.54) is 6.08 Å². The summed E-state index contributed by atoms with van der Waals surface area (Å²) < 4.78 is 0. The van der Waals surface area contributed by atoms with Gasteiger partial charge < -0.3 is 16.2 Å². The average Bonchev–Trinajstić information content (AvgIpc) is 2.16. The molecule has 0 aliphatic rings. The van der Waals surface area contributed by atoms with E-state index in [0.29, 0.717) is 12.8 Å². The highest BCUT2D eigenvalue weighted by Gasteiger charge is 2.23. The maximum Gasteiger partial charge on any atom is 0.326 e. The van der Waals surface area contributed by atoms with Crippen LogP contribution in [-0.4, -0.2) is 29.1 Å². The minimum atomic E-state index is -1.03. The number of hydrogen-bond acceptors (Lipinski definition) is 3. The first kappa shape index (κ1) is 14.6. The minimum absolute atomic E-state index is 0.192. The van der Waals surface area contributed by atoms with Gasteiger partial charge in [0.2, 0.25) is 5.91 Å². The molecule has 0 aliphatic heterocycles. The number of nitrogens with one attached hydrogen (secondary N) is 1. The van der Waals surface area contributed by atoms with Gasteiger partial charge in [-0.3, -0.25) is 4.79 Å². The number of amides is 1. The molecular weight excluding hydrogens is 208 g/mol. The highest BCUT2D eigenvalue weighted by Crippen LogP contribution is 2.05. The van der Waals surface area contributed by atoms with Crippen molar-refractivity contribution in [3.63, 3.8) is 0 Å². The van der Waals surface area contributed by atoms with Gasteiger partial charge in [-0.25, -0.2) is 4.79 Å². The molecule has 0 aromatic heterocycles. The van der Waals surface area contributed by atoms with Crippen LogP contribution in [0, 0.1) is 5.92 Å². The molecule has 92 valence electrons. The summed E-state index contributed by atoms with van der Waals surface area (Å²) in [7, 11) is 0. The monoisotopic (exact) mass is 228 g/mol. The predicted octanol–water partition coefficient (Wildman–Crippen LogP) is 0.505. The van der Waals surface area contributed by atoms with Crippen LogP contribution in [0.3, 0.4) is 0 Å². The normalized spacial score (nSPS) is 14.2. The summed E-state index contributed by atoms with van der Waals surface area (Å²) in [6.07, 6.45) is 2.25. The number of carbonyl (C=O) groups excluding carboxylic acids is 1. The Bertz CT molecular complexity index is 264. The number of aliphatic carboxylic acids is 1. The molecule has 0 saturated carbocycles. The molecular formula is C11H20N2O3. The quantitative estimate of drug-likeness (QED) is 0.553. The van der Waals surface area contributed by atoms with Gasteiger partial charge in [0.25, 0.3) is 0 Å². The smallest absolute Gasteiger partial charge is 0.326 e. The van der Waals surface area contributed by atoms with Crippen molar-refractivity contribution in [3.05, 3.63) is 12.7 Å². The van der Waals surface area contributed by atoms with E-state index in [0.717, 1.165) is 0 Å². The van der Waals surface area contributed by atoms with Crippen LogP contribution in [0.5, 0.6) is 0 Å². The van der Waals surface area contributed by atoms with E-state index in [-0.39, 0.29) is 5.92 Å². The molecule has 5 heteroatoms. The molecule has 1 unspecified atom stereocenters. The zero-order chi connectivity index (χ0) is 12.7. The third-order valence-corrected chi connectivity index (χ3v) is 2.08. The Morgan fingerprint density at radius 1 is 1.50 bits per heavy atom. The summed E-state index contributed by atoms with van der Waals surface area (Å²) in [5, 5.41) is 11.3. The lowest BCUT2D eigenvalue weighted by Crippen LogP contribution is -2.48. The van der Waals surface area contributed by atoms with Gasteiger partial charge in [0.15, 0.2) is 0 Å². The van der Waals surface area contributed by atoms with Crippen LogP contribution in [-0.2, 0) is 9.59 Å². The zero-order valence-corrected chi connectivity index (χ0v) is 9.77. The summed E-state index contributed by atoms with van der Waals surface area (Å²) in [6, 6.07) is -1.60. The Morgan fingerprint density at radius 2 is 2.06 bits per heavy atom. The molecule has 0 heterocycles. The van der Waals surface area contributed by atoms with Gasteiger partial charge in [-0.2, -0.15) is 0 Å². The SMILES string of the molecule is C=CCC(N)C(=O)N[C@@H](CC(C)C)C(=O)O. The number of carboxylic acid groups (broad SMARTS) is 1. The number of rotatable bonds is 7. The standard InChI is InChI=1S/C11H20N2O3/c1-4-5-8(12)10(14)13-9(11(15)16)6-7(2)3/h4,7-9H,1,5-6,12H2,2-3H3,(H,13,14)(H,15,16)/t8?,9-/m0/s1. The Hall–Kier alpha value is -1.36. The fourth-order valence-electron chi connectivity index (χ4n) is 1.26. The van der Waals surface area contributed by atoms with Crippen molar-refractivity contribution in [2.75, 3.05) is 0 Å². The van der Waals surface area contributed by atoms with Crippen LogP contribution in [0.4, 0.5) is 0 Å². The summed E-state index contributed by atoms with van der Waals surface area (Å²) in [5.41, 5.74) is 5.53. The van der Waals surface area contributed by atoms with Crippen molar-refractivity contribution < 1.29 is 14.7 Å². The van der Waals surface area contributed by atoms with E-state index in [4.69, 9.17) is 10.8 Å². The summed E-state index contributed by atoms with van der Waals surface area (Å²) in [6.45, 7) is 7.26. The number of hydrogen-bond donors (Lipinski definition) is 3. The summed E-state index contributed by atoms with van der Waals surface area (Å²) in [5.74, 6) is -1.29. The summed E-state index contributed by atoms with van der Waals surface area (Å²) in [4.78, 5) is 22.4.